The summed E-state index contributed by atoms with van der Waals surface area (Å²) in [6, 6.07) is 7.59. The number of hydrogen-bond donors (Lipinski definition) is 3. The summed E-state index contributed by atoms with van der Waals surface area (Å²) in [5, 5.41) is 3.66. The summed E-state index contributed by atoms with van der Waals surface area (Å²) in [5.41, 5.74) is 7.38. The van der Waals surface area contributed by atoms with Crippen LogP contribution in [-0.4, -0.2) is 12.1 Å². The van der Waals surface area contributed by atoms with Crippen LogP contribution in [0.2, 0.25) is 5.02 Å². The van der Waals surface area contributed by atoms with Gasteiger partial charge in [-0.2, -0.15) is 0 Å². The van der Waals surface area contributed by atoms with Gasteiger partial charge in [0.15, 0.2) is 0 Å². The smallest absolute Gasteiger partial charge is 0.333 e. The molecule has 4 nitrogen and oxygen atoms in total. The van der Waals surface area contributed by atoms with E-state index in [-0.39, 0.29) is 6.03 Å². The fraction of sp³-hybridized carbons (Fsp3) is 0.438. The van der Waals surface area contributed by atoms with E-state index in [0.29, 0.717) is 11.1 Å². The highest BCUT2D eigenvalue weighted by molar-refractivity contribution is 6.30. The van der Waals surface area contributed by atoms with Crippen molar-refractivity contribution >= 4 is 23.3 Å². The zero-order chi connectivity index (χ0) is 15.1. The Labute approximate surface area is 130 Å². The van der Waals surface area contributed by atoms with Gasteiger partial charge in [-0.25, -0.2) is 4.79 Å². The molecular formula is C16H22ClN3O. The van der Waals surface area contributed by atoms with Crippen LogP contribution in [0.25, 0.3) is 5.70 Å². The van der Waals surface area contributed by atoms with Crippen LogP contribution in [0.15, 0.2) is 30.3 Å². The molecule has 1 aliphatic carbocycles. The molecule has 21 heavy (non-hydrogen) atoms. The predicted molar refractivity (Wildman–Crippen MR) is 86.8 cm³/mol. The molecule has 0 bridgehead atoms. The van der Waals surface area contributed by atoms with Crippen molar-refractivity contribution < 1.29 is 4.79 Å². The number of benzene rings is 1. The molecular weight excluding hydrogens is 286 g/mol. The van der Waals surface area contributed by atoms with Gasteiger partial charge in [-0.15, -0.1) is 0 Å². The number of carbonyl (C=O) groups excluding carboxylic acids is 1. The molecule has 0 aromatic heterocycles. The third-order valence-corrected chi connectivity index (χ3v) is 3.91. The summed E-state index contributed by atoms with van der Waals surface area (Å²) < 4.78 is 0. The average Bonchev–Trinajstić information content (AvgIpc) is 2.49. The Hall–Kier alpha value is -1.68. The van der Waals surface area contributed by atoms with E-state index in [4.69, 9.17) is 11.6 Å². The van der Waals surface area contributed by atoms with Gasteiger partial charge < -0.3 is 5.32 Å². The number of amides is 2. The minimum Gasteiger partial charge on any atom is -0.334 e. The number of rotatable bonds is 4. The van der Waals surface area contributed by atoms with Crippen LogP contribution < -0.4 is 16.2 Å². The Morgan fingerprint density at radius 3 is 2.67 bits per heavy atom. The average molecular weight is 308 g/mol. The fourth-order valence-electron chi connectivity index (χ4n) is 2.56. The van der Waals surface area contributed by atoms with E-state index in [1.807, 2.05) is 37.3 Å². The zero-order valence-electron chi connectivity index (χ0n) is 12.3. The lowest BCUT2D eigenvalue weighted by molar-refractivity contribution is 0.230. The maximum absolute atomic E-state index is 11.9. The van der Waals surface area contributed by atoms with Crippen LogP contribution >= 0.6 is 11.6 Å². The van der Waals surface area contributed by atoms with Crippen LogP contribution in [0.5, 0.6) is 0 Å². The number of hydrogen-bond acceptors (Lipinski definition) is 2. The Kier molecular flexibility index (Phi) is 5.93. The molecule has 0 heterocycles. The molecule has 2 rings (SSSR count). The van der Waals surface area contributed by atoms with Gasteiger partial charge in [0.05, 0.1) is 5.70 Å². The van der Waals surface area contributed by atoms with E-state index < -0.39 is 0 Å². The second-order valence-electron chi connectivity index (χ2n) is 5.27. The van der Waals surface area contributed by atoms with Crippen LogP contribution in [0.4, 0.5) is 4.79 Å². The zero-order valence-corrected chi connectivity index (χ0v) is 13.0. The Balaban J connectivity index is 1.84. The normalized spacial score (nSPS) is 16.4. The van der Waals surface area contributed by atoms with Crippen molar-refractivity contribution in [1.29, 1.82) is 0 Å². The van der Waals surface area contributed by atoms with E-state index in [1.165, 1.54) is 19.3 Å². The summed E-state index contributed by atoms with van der Waals surface area (Å²) in [4.78, 5) is 11.9. The van der Waals surface area contributed by atoms with Gasteiger partial charge >= 0.3 is 6.03 Å². The molecule has 0 atom stereocenters. The highest BCUT2D eigenvalue weighted by Gasteiger charge is 2.15. The lowest BCUT2D eigenvalue weighted by Crippen LogP contribution is -2.47. The van der Waals surface area contributed by atoms with Gasteiger partial charge in [0.1, 0.15) is 0 Å². The minimum atomic E-state index is -0.191. The summed E-state index contributed by atoms with van der Waals surface area (Å²) in [6.07, 6.45) is 7.69. The Morgan fingerprint density at radius 1 is 1.24 bits per heavy atom. The first-order chi connectivity index (χ1) is 10.2. The Bertz CT molecular complexity index is 510. The van der Waals surface area contributed by atoms with Crippen molar-refractivity contribution in [2.75, 3.05) is 0 Å². The van der Waals surface area contributed by atoms with E-state index in [9.17, 15) is 4.79 Å². The van der Waals surface area contributed by atoms with Gasteiger partial charge in [0.2, 0.25) is 0 Å². The van der Waals surface area contributed by atoms with Gasteiger partial charge in [0, 0.05) is 16.6 Å². The monoisotopic (exact) mass is 307 g/mol. The van der Waals surface area contributed by atoms with Crippen molar-refractivity contribution in [3.63, 3.8) is 0 Å². The summed E-state index contributed by atoms with van der Waals surface area (Å²) in [7, 11) is 0. The van der Waals surface area contributed by atoms with Crippen molar-refractivity contribution in [3.05, 3.63) is 40.9 Å². The van der Waals surface area contributed by atoms with E-state index in [2.05, 4.69) is 16.2 Å². The SMILES string of the molecule is C/C=C(/NNC(=O)NC1CCCCC1)c1cccc(Cl)c1. The first kappa shape index (κ1) is 15.7. The lowest BCUT2D eigenvalue weighted by atomic mass is 9.96. The molecule has 1 saturated carbocycles. The van der Waals surface area contributed by atoms with Crippen LogP contribution in [0, 0.1) is 0 Å². The quantitative estimate of drug-likeness (QED) is 0.740. The molecule has 1 fully saturated rings. The number of allylic oxidation sites excluding steroid dienone is 1. The first-order valence-corrected chi connectivity index (χ1v) is 7.81. The second-order valence-corrected chi connectivity index (χ2v) is 5.71. The molecule has 1 aliphatic rings. The van der Waals surface area contributed by atoms with E-state index >= 15 is 0 Å². The largest absolute Gasteiger partial charge is 0.334 e. The van der Waals surface area contributed by atoms with Crippen molar-refractivity contribution in [2.24, 2.45) is 0 Å². The molecule has 0 unspecified atom stereocenters. The summed E-state index contributed by atoms with van der Waals surface area (Å²) >= 11 is 5.98. The highest BCUT2D eigenvalue weighted by atomic mass is 35.5. The molecule has 114 valence electrons. The van der Waals surface area contributed by atoms with Crippen molar-refractivity contribution in [3.8, 4) is 0 Å². The fourth-order valence-corrected chi connectivity index (χ4v) is 2.75. The third-order valence-electron chi connectivity index (χ3n) is 3.68. The van der Waals surface area contributed by atoms with Crippen LogP contribution in [0.1, 0.15) is 44.6 Å². The third kappa shape index (κ3) is 4.97. The molecule has 1 aromatic rings. The topological polar surface area (TPSA) is 53.2 Å². The molecule has 0 aliphatic heterocycles. The van der Waals surface area contributed by atoms with Gasteiger partial charge in [0.25, 0.3) is 0 Å². The summed E-state index contributed by atoms with van der Waals surface area (Å²) in [5.74, 6) is 0. The molecule has 0 saturated heterocycles. The standard InChI is InChI=1S/C16H22ClN3O/c1-2-15(12-7-6-8-13(17)11-12)19-20-16(21)18-14-9-4-3-5-10-14/h2,6-8,11,14,19H,3-5,9-10H2,1H3,(H2,18,20,21)/b15-2+. The van der Waals surface area contributed by atoms with Crippen LogP contribution in [-0.2, 0) is 0 Å². The molecule has 0 radical (unpaired) electrons. The molecule has 5 heteroatoms. The van der Waals surface area contributed by atoms with Crippen LogP contribution in [0.3, 0.4) is 0 Å². The number of urea groups is 1. The maximum atomic E-state index is 11.9. The minimum absolute atomic E-state index is 0.191. The molecule has 0 spiro atoms. The Morgan fingerprint density at radius 2 is 2.00 bits per heavy atom. The van der Waals surface area contributed by atoms with Gasteiger partial charge in [-0.05, 0) is 31.9 Å². The highest BCUT2D eigenvalue weighted by Crippen LogP contribution is 2.18. The lowest BCUT2D eigenvalue weighted by Gasteiger charge is -2.23. The number of halogens is 1. The van der Waals surface area contributed by atoms with Gasteiger partial charge in [-0.3, -0.25) is 10.9 Å². The number of nitrogens with one attached hydrogen (secondary N) is 3. The van der Waals surface area contributed by atoms with Crippen molar-refractivity contribution in [1.82, 2.24) is 16.2 Å². The van der Waals surface area contributed by atoms with Crippen molar-refractivity contribution in [2.45, 2.75) is 45.1 Å². The molecule has 1 aromatic carbocycles. The maximum Gasteiger partial charge on any atom is 0.333 e. The van der Waals surface area contributed by atoms with E-state index in [0.717, 1.165) is 24.1 Å². The first-order valence-electron chi connectivity index (χ1n) is 7.44. The molecule has 3 N–H and O–H groups in total. The van der Waals surface area contributed by atoms with Gasteiger partial charge in [-0.1, -0.05) is 49.1 Å². The predicted octanol–water partition coefficient (Wildman–Crippen LogP) is 3.84. The number of carbonyl (C=O) groups is 1. The number of hydrazine groups is 1. The second kappa shape index (κ2) is 7.93. The molecule has 2 amide bonds. The summed E-state index contributed by atoms with van der Waals surface area (Å²) in [6.45, 7) is 1.91. The van der Waals surface area contributed by atoms with E-state index in [1.54, 1.807) is 0 Å².